The quantitative estimate of drug-likeness (QED) is 0.558. The third-order valence-electron chi connectivity index (χ3n) is 5.08. The third-order valence-corrected chi connectivity index (χ3v) is 5.08. The summed E-state index contributed by atoms with van der Waals surface area (Å²) < 4.78 is 21.0. The van der Waals surface area contributed by atoms with Crippen LogP contribution in [0.3, 0.4) is 0 Å². The summed E-state index contributed by atoms with van der Waals surface area (Å²) in [7, 11) is 0. The van der Waals surface area contributed by atoms with Crippen LogP contribution in [-0.2, 0) is 22.5 Å². The van der Waals surface area contributed by atoms with Crippen LogP contribution in [0.4, 0.5) is 10.2 Å². The van der Waals surface area contributed by atoms with Gasteiger partial charge in [0.15, 0.2) is 0 Å². The van der Waals surface area contributed by atoms with Crippen molar-refractivity contribution in [2.75, 3.05) is 18.5 Å². The number of hydrogen-bond acceptors (Lipinski definition) is 8. The number of ether oxygens (including phenoxy) is 1. The van der Waals surface area contributed by atoms with Gasteiger partial charge in [0.05, 0.1) is 11.6 Å². The fourth-order valence-corrected chi connectivity index (χ4v) is 3.46. The molecule has 0 bridgehead atoms. The summed E-state index contributed by atoms with van der Waals surface area (Å²) in [5.41, 5.74) is 2.18. The summed E-state index contributed by atoms with van der Waals surface area (Å²) in [5, 5.41) is 17.5. The molecule has 2 N–H and O–H groups in total. The number of anilines is 1. The van der Waals surface area contributed by atoms with E-state index in [9.17, 15) is 14.0 Å². The van der Waals surface area contributed by atoms with Gasteiger partial charge in [-0.05, 0) is 65.7 Å². The lowest BCUT2D eigenvalue weighted by Crippen LogP contribution is -2.25. The molecule has 0 radical (unpaired) electrons. The Morgan fingerprint density at radius 1 is 1.31 bits per heavy atom. The molecule has 0 spiro atoms. The lowest BCUT2D eigenvalue weighted by atomic mass is 9.98. The van der Waals surface area contributed by atoms with Gasteiger partial charge in [-0.3, -0.25) is 9.59 Å². The van der Waals surface area contributed by atoms with Crippen molar-refractivity contribution in [1.82, 2.24) is 30.5 Å². The zero-order chi connectivity index (χ0) is 22.7. The fourth-order valence-electron chi connectivity index (χ4n) is 3.46. The number of nitrogens with zero attached hydrogens (tertiary/aromatic N) is 5. The van der Waals surface area contributed by atoms with Gasteiger partial charge in [-0.15, -0.1) is 5.10 Å². The maximum Gasteiger partial charge on any atom is 0.302 e. The predicted molar refractivity (Wildman–Crippen MR) is 112 cm³/mol. The van der Waals surface area contributed by atoms with Gasteiger partial charge in [0, 0.05) is 13.5 Å². The molecule has 3 aromatic rings. The van der Waals surface area contributed by atoms with Gasteiger partial charge in [0.1, 0.15) is 23.9 Å². The van der Waals surface area contributed by atoms with E-state index in [1.807, 2.05) is 0 Å². The molecule has 10 nitrogen and oxygen atoms in total. The standard InChI is InChI=1S/C21H22FN7O3/c1-12(11-32-13(2)30)29-20(26-27-28-29)18-4-3-5-19(24-18)25-21(31)16-8-15-10-23-7-6-14(15)9-17(16)22/h3-5,8-9,12,23H,6-7,10-11H2,1-2H3,(H,24,25,31)/t12-/m1/s1. The summed E-state index contributed by atoms with van der Waals surface area (Å²) in [6.45, 7) is 4.59. The van der Waals surface area contributed by atoms with Crippen LogP contribution in [0.25, 0.3) is 11.5 Å². The number of nitrogens with one attached hydrogen (secondary N) is 2. The summed E-state index contributed by atoms with van der Waals surface area (Å²) in [6.07, 6.45) is 0.725. The van der Waals surface area contributed by atoms with Crippen LogP contribution in [0.15, 0.2) is 30.3 Å². The highest BCUT2D eigenvalue weighted by Gasteiger charge is 2.20. The van der Waals surface area contributed by atoms with Crippen molar-refractivity contribution in [2.24, 2.45) is 0 Å². The Labute approximate surface area is 183 Å². The zero-order valence-corrected chi connectivity index (χ0v) is 17.6. The van der Waals surface area contributed by atoms with E-state index in [1.165, 1.54) is 17.7 Å². The lowest BCUT2D eigenvalue weighted by Gasteiger charge is -2.18. The highest BCUT2D eigenvalue weighted by Crippen LogP contribution is 2.22. The molecule has 0 unspecified atom stereocenters. The zero-order valence-electron chi connectivity index (χ0n) is 17.6. The largest absolute Gasteiger partial charge is 0.464 e. The summed E-state index contributed by atoms with van der Waals surface area (Å²) >= 11 is 0. The Kier molecular flexibility index (Phi) is 6.17. The number of carbonyl (C=O) groups is 2. The first-order valence-corrected chi connectivity index (χ1v) is 10.1. The minimum atomic E-state index is -0.594. The predicted octanol–water partition coefficient (Wildman–Crippen LogP) is 1.90. The minimum absolute atomic E-state index is 0.0421. The smallest absolute Gasteiger partial charge is 0.302 e. The third kappa shape index (κ3) is 4.62. The number of rotatable bonds is 6. The number of esters is 1. The molecule has 166 valence electrons. The summed E-state index contributed by atoms with van der Waals surface area (Å²) in [6, 6.07) is 7.63. The molecule has 1 atom stereocenters. The van der Waals surface area contributed by atoms with Crippen molar-refractivity contribution in [3.05, 3.63) is 52.8 Å². The number of carbonyl (C=O) groups excluding carboxylic acids is 2. The average molecular weight is 439 g/mol. The summed E-state index contributed by atoms with van der Waals surface area (Å²) in [4.78, 5) is 28.2. The lowest BCUT2D eigenvalue weighted by molar-refractivity contribution is -0.142. The average Bonchev–Trinajstić information content (AvgIpc) is 3.27. The number of benzene rings is 1. The van der Waals surface area contributed by atoms with Gasteiger partial charge in [0.2, 0.25) is 5.82 Å². The van der Waals surface area contributed by atoms with Crippen LogP contribution >= 0.6 is 0 Å². The van der Waals surface area contributed by atoms with Gasteiger partial charge in [-0.25, -0.2) is 14.1 Å². The van der Waals surface area contributed by atoms with Crippen LogP contribution in [0.2, 0.25) is 0 Å². The first-order chi connectivity index (χ1) is 15.4. The molecule has 11 heteroatoms. The van der Waals surface area contributed by atoms with E-state index in [4.69, 9.17) is 4.74 Å². The molecule has 0 fully saturated rings. The van der Waals surface area contributed by atoms with E-state index >= 15 is 0 Å². The fraction of sp³-hybridized carbons (Fsp3) is 0.333. The Hall–Kier alpha value is -3.73. The Morgan fingerprint density at radius 3 is 2.97 bits per heavy atom. The van der Waals surface area contributed by atoms with Crippen LogP contribution in [0, 0.1) is 5.82 Å². The van der Waals surface area contributed by atoms with Crippen LogP contribution in [-0.4, -0.2) is 50.2 Å². The van der Waals surface area contributed by atoms with Crippen molar-refractivity contribution in [2.45, 2.75) is 32.9 Å². The molecule has 0 aliphatic carbocycles. The Bertz CT molecular complexity index is 1160. The van der Waals surface area contributed by atoms with E-state index in [-0.39, 0.29) is 24.0 Å². The van der Waals surface area contributed by atoms with Gasteiger partial charge in [-0.2, -0.15) is 0 Å². The molecule has 1 amide bonds. The monoisotopic (exact) mass is 439 g/mol. The number of aromatic nitrogens is 5. The number of amides is 1. The molecule has 1 aromatic carbocycles. The highest BCUT2D eigenvalue weighted by atomic mass is 19.1. The minimum Gasteiger partial charge on any atom is -0.464 e. The van der Waals surface area contributed by atoms with Crippen molar-refractivity contribution < 1.29 is 18.7 Å². The second-order valence-corrected chi connectivity index (χ2v) is 7.49. The summed E-state index contributed by atoms with van der Waals surface area (Å²) in [5.74, 6) is -0.998. The first kappa shape index (κ1) is 21.5. The molecule has 0 saturated carbocycles. The molecule has 0 saturated heterocycles. The maximum atomic E-state index is 14.5. The van der Waals surface area contributed by atoms with Crippen molar-refractivity contribution >= 4 is 17.7 Å². The second-order valence-electron chi connectivity index (χ2n) is 7.49. The van der Waals surface area contributed by atoms with E-state index in [2.05, 4.69) is 31.1 Å². The van der Waals surface area contributed by atoms with Gasteiger partial charge >= 0.3 is 5.97 Å². The van der Waals surface area contributed by atoms with E-state index < -0.39 is 17.7 Å². The van der Waals surface area contributed by atoms with Gasteiger partial charge < -0.3 is 15.4 Å². The Balaban J connectivity index is 1.54. The molecule has 4 rings (SSSR count). The molecule has 32 heavy (non-hydrogen) atoms. The van der Waals surface area contributed by atoms with Crippen molar-refractivity contribution in [3.8, 4) is 11.5 Å². The Morgan fingerprint density at radius 2 is 2.16 bits per heavy atom. The second kappa shape index (κ2) is 9.18. The molecule has 2 aromatic heterocycles. The number of hydrogen-bond donors (Lipinski definition) is 2. The highest BCUT2D eigenvalue weighted by molar-refractivity contribution is 6.04. The van der Waals surface area contributed by atoms with E-state index in [0.717, 1.165) is 24.1 Å². The van der Waals surface area contributed by atoms with Crippen LogP contribution < -0.4 is 10.6 Å². The number of fused-ring (bicyclic) bond motifs is 1. The van der Waals surface area contributed by atoms with Crippen LogP contribution in [0.5, 0.6) is 0 Å². The molecular formula is C21H22FN7O3. The van der Waals surface area contributed by atoms with Gasteiger partial charge in [0.25, 0.3) is 5.91 Å². The van der Waals surface area contributed by atoms with Crippen LogP contribution in [0.1, 0.15) is 41.4 Å². The van der Waals surface area contributed by atoms with Gasteiger partial charge in [-0.1, -0.05) is 6.07 Å². The number of pyridine rings is 1. The SMILES string of the molecule is CC(=O)OC[C@@H](C)n1nnnc1-c1cccc(NC(=O)c2cc3c(cc2F)CCNC3)n1. The van der Waals surface area contributed by atoms with Crippen molar-refractivity contribution in [1.29, 1.82) is 0 Å². The normalized spacial score (nSPS) is 13.8. The van der Waals surface area contributed by atoms with E-state index in [0.29, 0.717) is 18.1 Å². The van der Waals surface area contributed by atoms with Crippen molar-refractivity contribution in [3.63, 3.8) is 0 Å². The number of halogens is 1. The first-order valence-electron chi connectivity index (χ1n) is 10.1. The molecule has 3 heterocycles. The van der Waals surface area contributed by atoms with E-state index in [1.54, 1.807) is 31.2 Å². The number of tetrazole rings is 1. The molecular weight excluding hydrogens is 417 g/mol. The molecule has 1 aliphatic heterocycles. The maximum absolute atomic E-state index is 14.5. The molecule has 1 aliphatic rings. The topological polar surface area (TPSA) is 124 Å².